The van der Waals surface area contributed by atoms with Crippen LogP contribution < -0.4 is 0 Å². The van der Waals surface area contributed by atoms with Crippen molar-refractivity contribution in [2.24, 2.45) is 0 Å². The van der Waals surface area contributed by atoms with Gasteiger partial charge in [0.15, 0.2) is 0 Å². The fraction of sp³-hybridized carbons (Fsp3) is 0. The molecule has 0 atom stereocenters. The molecule has 10 rings (SSSR count). The van der Waals surface area contributed by atoms with E-state index in [0.717, 1.165) is 0 Å². The van der Waals surface area contributed by atoms with E-state index in [1.807, 2.05) is 0 Å². The maximum Gasteiger partial charge on any atom is -0.00264 e. The van der Waals surface area contributed by atoms with Gasteiger partial charge in [0, 0.05) is 0 Å². The Morgan fingerprint density at radius 1 is 0.192 bits per heavy atom. The molecule has 0 aliphatic heterocycles. The molecule has 52 heavy (non-hydrogen) atoms. The second-order valence-electron chi connectivity index (χ2n) is 13.6. The van der Waals surface area contributed by atoms with E-state index in [1.54, 1.807) is 0 Å². The minimum atomic E-state index is 1.21. The first kappa shape index (κ1) is 30.1. The fourth-order valence-corrected chi connectivity index (χ4v) is 8.21. The Morgan fingerprint density at radius 2 is 0.712 bits per heavy atom. The Labute approximate surface area is 303 Å². The molecule has 0 heteroatoms. The zero-order valence-electron chi connectivity index (χ0n) is 28.6. The molecule has 0 heterocycles. The van der Waals surface area contributed by atoms with Crippen molar-refractivity contribution < 1.29 is 0 Å². The van der Waals surface area contributed by atoms with Crippen molar-refractivity contribution in [1.29, 1.82) is 0 Å². The second-order valence-corrected chi connectivity index (χ2v) is 13.6. The van der Waals surface area contributed by atoms with Crippen LogP contribution in [0.25, 0.3) is 98.7 Å². The summed E-state index contributed by atoms with van der Waals surface area (Å²) in [5.74, 6) is 0. The summed E-state index contributed by atoms with van der Waals surface area (Å²) in [6, 6.07) is 75.6. The molecule has 0 radical (unpaired) electrons. The molecular weight excluding hydrogens is 625 g/mol. The van der Waals surface area contributed by atoms with Crippen molar-refractivity contribution in [2.45, 2.75) is 0 Å². The maximum absolute atomic E-state index is 2.38. The summed E-state index contributed by atoms with van der Waals surface area (Å²) >= 11 is 0. The highest BCUT2D eigenvalue weighted by Crippen LogP contribution is 2.47. The van der Waals surface area contributed by atoms with Crippen molar-refractivity contribution in [3.63, 3.8) is 0 Å². The summed E-state index contributed by atoms with van der Waals surface area (Å²) in [6.45, 7) is 0. The van der Waals surface area contributed by atoms with Gasteiger partial charge in [-0.05, 0) is 117 Å². The summed E-state index contributed by atoms with van der Waals surface area (Å²) in [7, 11) is 0. The molecule has 10 aromatic rings. The highest BCUT2D eigenvalue weighted by molar-refractivity contribution is 6.18. The first-order chi connectivity index (χ1) is 25.8. The number of fused-ring (bicyclic) bond motifs is 5. The first-order valence-corrected chi connectivity index (χ1v) is 18.0. The van der Waals surface area contributed by atoms with E-state index in [4.69, 9.17) is 0 Å². The molecule has 0 amide bonds. The largest absolute Gasteiger partial charge is 0.0622 e. The van der Waals surface area contributed by atoms with E-state index in [-0.39, 0.29) is 0 Å². The quantitative estimate of drug-likeness (QED) is 0.161. The standard InChI is InChI=1S/C52H34/c1-3-15-36(16-4-1)51-44(41-22-13-21-39(33-41)40-27-26-35-14-7-8-19-38(35)32-40)28-29-48-47(51)30-31-49(52(48)37-17-5-2-6-18-37)50-34-42-20-9-10-23-43(42)45-24-11-12-25-46(45)50/h1-34H. The van der Waals surface area contributed by atoms with Gasteiger partial charge in [0.25, 0.3) is 0 Å². The van der Waals surface area contributed by atoms with Gasteiger partial charge in [0.2, 0.25) is 0 Å². The van der Waals surface area contributed by atoms with Crippen LogP contribution in [0, 0.1) is 0 Å². The van der Waals surface area contributed by atoms with E-state index in [2.05, 4.69) is 206 Å². The summed E-state index contributed by atoms with van der Waals surface area (Å²) in [5.41, 5.74) is 12.3. The van der Waals surface area contributed by atoms with Crippen LogP contribution in [0.1, 0.15) is 0 Å². The van der Waals surface area contributed by atoms with Gasteiger partial charge in [0.05, 0.1) is 0 Å². The van der Waals surface area contributed by atoms with Gasteiger partial charge in [-0.15, -0.1) is 0 Å². The van der Waals surface area contributed by atoms with Crippen LogP contribution >= 0.6 is 0 Å². The molecule has 0 spiro atoms. The summed E-state index contributed by atoms with van der Waals surface area (Å²) in [4.78, 5) is 0. The van der Waals surface area contributed by atoms with E-state index >= 15 is 0 Å². The van der Waals surface area contributed by atoms with Gasteiger partial charge < -0.3 is 0 Å². The van der Waals surface area contributed by atoms with E-state index in [1.165, 1.54) is 98.7 Å². The lowest BCUT2D eigenvalue weighted by Crippen LogP contribution is -1.94. The summed E-state index contributed by atoms with van der Waals surface area (Å²) in [6.07, 6.45) is 0. The summed E-state index contributed by atoms with van der Waals surface area (Å²) in [5, 5.41) is 10.1. The molecule has 0 saturated carbocycles. The average molecular weight is 659 g/mol. The molecule has 0 fully saturated rings. The second kappa shape index (κ2) is 12.5. The molecule has 0 nitrogen and oxygen atoms in total. The number of hydrogen-bond donors (Lipinski definition) is 0. The first-order valence-electron chi connectivity index (χ1n) is 18.0. The SMILES string of the molecule is c1ccc(-c2c(-c3cccc(-c4ccc5ccccc5c4)c3)ccc3c(-c4ccccc4)c(-c4cc5ccccc5c5ccccc45)ccc23)cc1. The van der Waals surface area contributed by atoms with Gasteiger partial charge in [-0.2, -0.15) is 0 Å². The number of rotatable bonds is 5. The highest BCUT2D eigenvalue weighted by Gasteiger charge is 2.20. The minimum Gasteiger partial charge on any atom is -0.0622 e. The van der Waals surface area contributed by atoms with Crippen molar-refractivity contribution >= 4 is 43.1 Å². The topological polar surface area (TPSA) is 0 Å². The smallest absolute Gasteiger partial charge is 0.00264 e. The fourth-order valence-electron chi connectivity index (χ4n) is 8.21. The van der Waals surface area contributed by atoms with Crippen LogP contribution in [0.5, 0.6) is 0 Å². The Hall–Kier alpha value is -6.76. The predicted octanol–water partition coefficient (Wildman–Crippen LogP) is 14.6. The van der Waals surface area contributed by atoms with E-state index in [0.29, 0.717) is 0 Å². The molecule has 0 saturated heterocycles. The van der Waals surface area contributed by atoms with Crippen LogP contribution in [-0.2, 0) is 0 Å². The minimum absolute atomic E-state index is 1.21. The van der Waals surface area contributed by atoms with Gasteiger partial charge in [-0.1, -0.05) is 188 Å². The van der Waals surface area contributed by atoms with Crippen molar-refractivity contribution in [2.75, 3.05) is 0 Å². The molecular formula is C52H34. The third-order valence-corrected chi connectivity index (χ3v) is 10.6. The van der Waals surface area contributed by atoms with Gasteiger partial charge in [0.1, 0.15) is 0 Å². The Morgan fingerprint density at radius 3 is 1.44 bits per heavy atom. The van der Waals surface area contributed by atoms with Gasteiger partial charge in [-0.25, -0.2) is 0 Å². The lowest BCUT2D eigenvalue weighted by atomic mass is 9.83. The molecule has 10 aromatic carbocycles. The van der Waals surface area contributed by atoms with Crippen molar-refractivity contribution in [3.05, 3.63) is 206 Å². The molecule has 0 aliphatic rings. The van der Waals surface area contributed by atoms with Crippen LogP contribution in [-0.4, -0.2) is 0 Å². The molecule has 0 aliphatic carbocycles. The lowest BCUT2D eigenvalue weighted by molar-refractivity contribution is 1.59. The highest BCUT2D eigenvalue weighted by atomic mass is 14.2. The van der Waals surface area contributed by atoms with Crippen LogP contribution in [0.15, 0.2) is 206 Å². The maximum atomic E-state index is 2.38. The Kier molecular flexibility index (Phi) is 7.25. The molecule has 0 N–H and O–H groups in total. The summed E-state index contributed by atoms with van der Waals surface area (Å²) < 4.78 is 0. The molecule has 242 valence electrons. The zero-order valence-corrected chi connectivity index (χ0v) is 28.6. The van der Waals surface area contributed by atoms with Crippen LogP contribution in [0.2, 0.25) is 0 Å². The molecule has 0 aromatic heterocycles. The number of hydrogen-bond acceptors (Lipinski definition) is 0. The molecule has 0 unspecified atom stereocenters. The van der Waals surface area contributed by atoms with E-state index in [9.17, 15) is 0 Å². The third-order valence-electron chi connectivity index (χ3n) is 10.6. The van der Waals surface area contributed by atoms with Crippen LogP contribution in [0.3, 0.4) is 0 Å². The average Bonchev–Trinajstić information content (AvgIpc) is 3.23. The van der Waals surface area contributed by atoms with E-state index < -0.39 is 0 Å². The normalized spacial score (nSPS) is 11.5. The predicted molar refractivity (Wildman–Crippen MR) is 224 cm³/mol. The zero-order chi connectivity index (χ0) is 34.4. The van der Waals surface area contributed by atoms with Gasteiger partial charge in [-0.3, -0.25) is 0 Å². The van der Waals surface area contributed by atoms with Crippen molar-refractivity contribution in [3.8, 4) is 55.6 Å². The third kappa shape index (κ3) is 5.08. The van der Waals surface area contributed by atoms with Crippen LogP contribution in [0.4, 0.5) is 0 Å². The monoisotopic (exact) mass is 658 g/mol. The number of benzene rings is 10. The Bertz CT molecular complexity index is 2940. The lowest BCUT2D eigenvalue weighted by Gasteiger charge is -2.21. The molecule has 0 bridgehead atoms. The van der Waals surface area contributed by atoms with Crippen molar-refractivity contribution in [1.82, 2.24) is 0 Å². The van der Waals surface area contributed by atoms with Gasteiger partial charge >= 0.3 is 0 Å². The Balaban J connectivity index is 1.25.